The quantitative estimate of drug-likeness (QED) is 0.220. The number of hydrogen-bond acceptors (Lipinski definition) is 3. The predicted molar refractivity (Wildman–Crippen MR) is 152 cm³/mol. The van der Waals surface area contributed by atoms with Gasteiger partial charge in [0.05, 0.1) is 5.92 Å². The molecule has 0 saturated carbocycles. The van der Waals surface area contributed by atoms with E-state index in [4.69, 9.17) is 23.1 Å². The number of hydrogen-bond donors (Lipinski definition) is 3. The number of nitrogens with zero attached hydrogens (tertiary/aromatic N) is 2. The lowest BCUT2D eigenvalue weighted by Crippen LogP contribution is -2.49. The molecule has 5 N–H and O–H groups in total. The van der Waals surface area contributed by atoms with E-state index >= 15 is 0 Å². The molecule has 8 heteroatoms. The monoisotopic (exact) mass is 531 g/mol. The van der Waals surface area contributed by atoms with Gasteiger partial charge in [-0.15, -0.1) is 0 Å². The zero-order valence-corrected chi connectivity index (χ0v) is 22.1. The molecule has 7 nitrogen and oxygen atoms in total. The number of benzene rings is 3. The van der Waals surface area contributed by atoms with E-state index in [9.17, 15) is 9.59 Å². The van der Waals surface area contributed by atoms with E-state index in [2.05, 4.69) is 22.4 Å². The topological polar surface area (TPSA) is 114 Å². The first-order valence-electron chi connectivity index (χ1n) is 12.9. The third-order valence-corrected chi connectivity index (χ3v) is 7.08. The van der Waals surface area contributed by atoms with Gasteiger partial charge >= 0.3 is 0 Å². The third kappa shape index (κ3) is 7.13. The summed E-state index contributed by atoms with van der Waals surface area (Å²) in [6, 6.07) is 24.3. The molecule has 0 aromatic heterocycles. The summed E-state index contributed by atoms with van der Waals surface area (Å²) in [4.78, 5) is 33.6. The number of carbonyl (C=O) groups is 2. The number of halogens is 1. The standard InChI is InChI=1S/C30H34ClN5O2/c31-25-16-14-23(15-17-25)27(22-9-2-1-3-10-22)28(37)35-26(13-6-18-34-30(32)33)29(38)36-19-7-12-21-8-4-5-11-24(21)20-36/h1-5,8-11,14-17,26-27H,6-7,12-13,18-20H2,(H,35,37)(H4,32,33,34). The molecule has 198 valence electrons. The molecule has 3 aromatic rings. The normalized spacial score (nSPS) is 14.5. The van der Waals surface area contributed by atoms with Crippen molar-refractivity contribution in [3.05, 3.63) is 106 Å². The Morgan fingerprint density at radius 1 is 0.921 bits per heavy atom. The van der Waals surface area contributed by atoms with Crippen molar-refractivity contribution in [3.63, 3.8) is 0 Å². The van der Waals surface area contributed by atoms with E-state index in [0.717, 1.165) is 29.5 Å². The second-order valence-corrected chi connectivity index (χ2v) is 9.97. The Labute approximate surface area is 228 Å². The summed E-state index contributed by atoms with van der Waals surface area (Å²) in [5.41, 5.74) is 15.0. The van der Waals surface area contributed by atoms with Crippen LogP contribution in [-0.4, -0.2) is 41.8 Å². The molecule has 4 rings (SSSR count). The van der Waals surface area contributed by atoms with Crippen molar-refractivity contribution in [2.24, 2.45) is 16.5 Å². The lowest BCUT2D eigenvalue weighted by molar-refractivity contribution is -0.137. The summed E-state index contributed by atoms with van der Waals surface area (Å²) in [5, 5.41) is 3.68. The van der Waals surface area contributed by atoms with Gasteiger partial charge in [0.1, 0.15) is 6.04 Å². The van der Waals surface area contributed by atoms with Gasteiger partial charge in [0, 0.05) is 24.7 Å². The molecule has 2 atom stereocenters. The zero-order chi connectivity index (χ0) is 26.9. The minimum atomic E-state index is -0.708. The number of nitrogens with two attached hydrogens (primary N) is 2. The number of rotatable bonds is 9. The van der Waals surface area contributed by atoms with Gasteiger partial charge in [-0.05, 0) is 60.1 Å². The van der Waals surface area contributed by atoms with Crippen LogP contribution >= 0.6 is 11.6 Å². The largest absolute Gasteiger partial charge is 0.370 e. The molecule has 0 fully saturated rings. The van der Waals surface area contributed by atoms with E-state index in [0.29, 0.717) is 37.5 Å². The predicted octanol–water partition coefficient (Wildman–Crippen LogP) is 3.99. The summed E-state index contributed by atoms with van der Waals surface area (Å²) in [7, 11) is 0. The molecule has 1 aliphatic rings. The fourth-order valence-electron chi connectivity index (χ4n) is 4.92. The Balaban J connectivity index is 1.59. The van der Waals surface area contributed by atoms with Crippen LogP contribution in [0.1, 0.15) is 47.4 Å². The first kappa shape index (κ1) is 27.2. The van der Waals surface area contributed by atoms with Crippen molar-refractivity contribution in [1.82, 2.24) is 10.2 Å². The van der Waals surface area contributed by atoms with Crippen LogP contribution in [0.15, 0.2) is 83.9 Å². The molecule has 2 amide bonds. The number of guanidine groups is 1. The van der Waals surface area contributed by atoms with Gasteiger partial charge in [-0.1, -0.05) is 78.3 Å². The van der Waals surface area contributed by atoms with Gasteiger partial charge in [-0.3, -0.25) is 14.6 Å². The van der Waals surface area contributed by atoms with E-state index in [1.165, 1.54) is 5.56 Å². The molecular weight excluding hydrogens is 498 g/mol. The van der Waals surface area contributed by atoms with Crippen molar-refractivity contribution < 1.29 is 9.59 Å². The van der Waals surface area contributed by atoms with Gasteiger partial charge in [-0.25, -0.2) is 0 Å². The van der Waals surface area contributed by atoms with Gasteiger partial charge in [0.25, 0.3) is 0 Å². The van der Waals surface area contributed by atoms with Crippen LogP contribution in [0.25, 0.3) is 0 Å². The lowest BCUT2D eigenvalue weighted by Gasteiger charge is -2.28. The van der Waals surface area contributed by atoms with E-state index < -0.39 is 12.0 Å². The van der Waals surface area contributed by atoms with Crippen molar-refractivity contribution in [2.75, 3.05) is 13.1 Å². The second-order valence-electron chi connectivity index (χ2n) is 9.54. The number of amides is 2. The summed E-state index contributed by atoms with van der Waals surface area (Å²) in [6.45, 7) is 1.53. The Hall–Kier alpha value is -3.84. The molecule has 1 aliphatic heterocycles. The van der Waals surface area contributed by atoms with Crippen LogP contribution in [-0.2, 0) is 22.6 Å². The van der Waals surface area contributed by atoms with Crippen LogP contribution in [0, 0.1) is 0 Å². The maximum absolute atomic E-state index is 13.9. The maximum atomic E-state index is 13.9. The molecule has 1 heterocycles. The minimum Gasteiger partial charge on any atom is -0.370 e. The number of fused-ring (bicyclic) bond motifs is 1. The number of nitrogens with one attached hydrogen (secondary N) is 1. The second kappa shape index (κ2) is 13.1. The Morgan fingerprint density at radius 3 is 2.29 bits per heavy atom. The summed E-state index contributed by atoms with van der Waals surface area (Å²) >= 11 is 6.12. The van der Waals surface area contributed by atoms with Gasteiger partial charge < -0.3 is 21.7 Å². The molecule has 3 aromatic carbocycles. The molecule has 0 bridgehead atoms. The third-order valence-electron chi connectivity index (χ3n) is 6.82. The molecule has 0 aliphatic carbocycles. The van der Waals surface area contributed by atoms with Crippen LogP contribution in [0.4, 0.5) is 0 Å². The molecule has 2 unspecified atom stereocenters. The molecular formula is C30H34ClN5O2. The lowest BCUT2D eigenvalue weighted by atomic mass is 9.90. The van der Waals surface area contributed by atoms with Gasteiger partial charge in [-0.2, -0.15) is 0 Å². The number of aryl methyl sites for hydroxylation is 1. The van der Waals surface area contributed by atoms with Gasteiger partial charge in [0.15, 0.2) is 5.96 Å². The highest BCUT2D eigenvalue weighted by Gasteiger charge is 2.31. The Bertz CT molecular complexity index is 1260. The number of aliphatic imine (C=N–C) groups is 1. The molecule has 0 spiro atoms. The van der Waals surface area contributed by atoms with Crippen molar-refractivity contribution in [3.8, 4) is 0 Å². The summed E-state index contributed by atoms with van der Waals surface area (Å²) in [6.07, 6.45) is 2.76. The number of carbonyl (C=O) groups excluding carboxylic acids is 2. The highest BCUT2D eigenvalue weighted by Crippen LogP contribution is 2.27. The average Bonchev–Trinajstić information content (AvgIpc) is 3.14. The summed E-state index contributed by atoms with van der Waals surface area (Å²) in [5.74, 6) is -0.921. The van der Waals surface area contributed by atoms with Crippen LogP contribution in [0.3, 0.4) is 0 Å². The highest BCUT2D eigenvalue weighted by atomic mass is 35.5. The fraction of sp³-hybridized carbons (Fsp3) is 0.300. The van der Waals surface area contributed by atoms with E-state index in [-0.39, 0.29) is 17.8 Å². The van der Waals surface area contributed by atoms with Crippen LogP contribution < -0.4 is 16.8 Å². The first-order chi connectivity index (χ1) is 18.4. The summed E-state index contributed by atoms with van der Waals surface area (Å²) < 4.78 is 0. The van der Waals surface area contributed by atoms with Crippen molar-refractivity contribution >= 4 is 29.4 Å². The first-order valence-corrected chi connectivity index (χ1v) is 13.3. The van der Waals surface area contributed by atoms with E-state index in [1.54, 1.807) is 12.1 Å². The van der Waals surface area contributed by atoms with Crippen LogP contribution in [0.2, 0.25) is 5.02 Å². The zero-order valence-electron chi connectivity index (χ0n) is 21.4. The molecule has 0 saturated heterocycles. The van der Waals surface area contributed by atoms with E-state index in [1.807, 2.05) is 59.5 Å². The van der Waals surface area contributed by atoms with Crippen LogP contribution in [0.5, 0.6) is 0 Å². The molecule has 0 radical (unpaired) electrons. The van der Waals surface area contributed by atoms with Crippen molar-refractivity contribution in [1.29, 1.82) is 0 Å². The van der Waals surface area contributed by atoms with Crippen molar-refractivity contribution in [2.45, 2.75) is 44.2 Å². The Kier molecular flexibility index (Phi) is 9.38. The smallest absolute Gasteiger partial charge is 0.245 e. The SMILES string of the molecule is NC(N)=NCCCC(NC(=O)C(c1ccccc1)c1ccc(Cl)cc1)C(=O)N1CCCc2ccccc2C1. The Morgan fingerprint density at radius 2 is 1.58 bits per heavy atom. The molecule has 38 heavy (non-hydrogen) atoms. The minimum absolute atomic E-state index is 0.00733. The van der Waals surface area contributed by atoms with Gasteiger partial charge in [0.2, 0.25) is 11.8 Å². The fourth-order valence-corrected chi connectivity index (χ4v) is 5.05. The maximum Gasteiger partial charge on any atom is 0.245 e. The highest BCUT2D eigenvalue weighted by molar-refractivity contribution is 6.30. The average molecular weight is 532 g/mol.